The fourth-order valence-electron chi connectivity index (χ4n) is 1.91. The molecule has 0 spiro atoms. The van der Waals surface area contributed by atoms with Crippen molar-refractivity contribution in [2.75, 3.05) is 24.3 Å². The Kier molecular flexibility index (Phi) is 4.06. The van der Waals surface area contributed by atoms with Crippen LogP contribution in [0, 0.1) is 0 Å². The number of hydrogen-bond donors (Lipinski definition) is 2. The molecular formula is C11H19N3O2S. The zero-order chi connectivity index (χ0) is 12.3. The number of aromatic nitrogens is 1. The molecule has 0 unspecified atom stereocenters. The number of anilines is 2. The number of nitrogen functional groups attached to an aromatic ring is 1. The Hall–Kier alpha value is -1.01. The van der Waals surface area contributed by atoms with Crippen LogP contribution in [0.2, 0.25) is 0 Å². The SMILES string of the molecule is CCOc1c(N)nsc1NC1CC(OCC)C1. The smallest absolute Gasteiger partial charge is 0.197 e. The van der Waals surface area contributed by atoms with Crippen molar-refractivity contribution < 1.29 is 9.47 Å². The molecule has 0 aliphatic heterocycles. The molecule has 0 radical (unpaired) electrons. The van der Waals surface area contributed by atoms with Crippen LogP contribution in [0.25, 0.3) is 0 Å². The van der Waals surface area contributed by atoms with E-state index in [0.717, 1.165) is 24.4 Å². The van der Waals surface area contributed by atoms with Gasteiger partial charge < -0.3 is 20.5 Å². The highest BCUT2D eigenvalue weighted by Gasteiger charge is 2.30. The van der Waals surface area contributed by atoms with E-state index in [2.05, 4.69) is 9.69 Å². The van der Waals surface area contributed by atoms with E-state index in [1.165, 1.54) is 11.5 Å². The van der Waals surface area contributed by atoms with Crippen molar-refractivity contribution in [2.24, 2.45) is 0 Å². The van der Waals surface area contributed by atoms with Crippen molar-refractivity contribution in [3.8, 4) is 5.75 Å². The van der Waals surface area contributed by atoms with Gasteiger partial charge in [-0.05, 0) is 38.2 Å². The number of nitrogens with zero attached hydrogens (tertiary/aromatic N) is 1. The van der Waals surface area contributed by atoms with Gasteiger partial charge in [0.1, 0.15) is 0 Å². The van der Waals surface area contributed by atoms with Crippen LogP contribution in [0.1, 0.15) is 26.7 Å². The third-order valence-corrected chi connectivity index (χ3v) is 3.57. The van der Waals surface area contributed by atoms with Gasteiger partial charge in [-0.2, -0.15) is 4.37 Å². The molecule has 0 bridgehead atoms. The van der Waals surface area contributed by atoms with Gasteiger partial charge in [0.15, 0.2) is 16.6 Å². The average Bonchev–Trinajstić information content (AvgIpc) is 2.59. The third kappa shape index (κ3) is 2.81. The van der Waals surface area contributed by atoms with Crippen LogP contribution in [-0.4, -0.2) is 29.7 Å². The van der Waals surface area contributed by atoms with E-state index in [1.807, 2.05) is 13.8 Å². The largest absolute Gasteiger partial charge is 0.487 e. The zero-order valence-corrected chi connectivity index (χ0v) is 11.0. The normalized spacial score (nSPS) is 23.2. The van der Waals surface area contributed by atoms with E-state index in [-0.39, 0.29) is 0 Å². The number of nitrogens with two attached hydrogens (primary N) is 1. The molecule has 1 saturated carbocycles. The highest BCUT2D eigenvalue weighted by molar-refractivity contribution is 7.11. The summed E-state index contributed by atoms with van der Waals surface area (Å²) in [7, 11) is 0. The molecule has 3 N–H and O–H groups in total. The lowest BCUT2D eigenvalue weighted by atomic mass is 9.89. The molecule has 1 aromatic rings. The first-order valence-corrected chi connectivity index (χ1v) is 6.78. The average molecular weight is 257 g/mol. The highest BCUT2D eigenvalue weighted by Crippen LogP contribution is 2.38. The van der Waals surface area contributed by atoms with Crippen LogP contribution in [-0.2, 0) is 4.74 Å². The quantitative estimate of drug-likeness (QED) is 0.816. The van der Waals surface area contributed by atoms with Crippen molar-refractivity contribution in [3.05, 3.63) is 0 Å². The minimum Gasteiger partial charge on any atom is -0.487 e. The second-order valence-electron chi connectivity index (χ2n) is 4.05. The lowest BCUT2D eigenvalue weighted by molar-refractivity contribution is 0.00301. The molecule has 1 heterocycles. The molecule has 5 nitrogen and oxygen atoms in total. The van der Waals surface area contributed by atoms with Crippen LogP contribution in [0.15, 0.2) is 0 Å². The van der Waals surface area contributed by atoms with Crippen LogP contribution in [0.3, 0.4) is 0 Å². The molecule has 96 valence electrons. The molecule has 2 rings (SSSR count). The van der Waals surface area contributed by atoms with Gasteiger partial charge in [-0.25, -0.2) is 0 Å². The topological polar surface area (TPSA) is 69.4 Å². The predicted molar refractivity (Wildman–Crippen MR) is 69.8 cm³/mol. The van der Waals surface area contributed by atoms with Gasteiger partial charge in [-0.3, -0.25) is 0 Å². The standard InChI is InChI=1S/C11H19N3O2S/c1-3-15-8-5-7(6-8)13-11-9(16-4-2)10(12)14-17-11/h7-8,13H,3-6H2,1-2H3,(H2,12,14). The van der Waals surface area contributed by atoms with Gasteiger partial charge in [-0.15, -0.1) is 0 Å². The van der Waals surface area contributed by atoms with Crippen LogP contribution >= 0.6 is 11.5 Å². The second kappa shape index (κ2) is 5.55. The lowest BCUT2D eigenvalue weighted by Crippen LogP contribution is -2.40. The van der Waals surface area contributed by atoms with Crippen molar-refractivity contribution in [2.45, 2.75) is 38.8 Å². The number of ether oxygens (including phenoxy) is 2. The maximum atomic E-state index is 5.75. The number of rotatable bonds is 6. The zero-order valence-electron chi connectivity index (χ0n) is 10.2. The third-order valence-electron chi connectivity index (χ3n) is 2.80. The van der Waals surface area contributed by atoms with Crippen molar-refractivity contribution >= 4 is 22.4 Å². The summed E-state index contributed by atoms with van der Waals surface area (Å²) < 4.78 is 15.1. The first-order valence-electron chi connectivity index (χ1n) is 6.00. The van der Waals surface area contributed by atoms with Crippen LogP contribution in [0.4, 0.5) is 10.8 Å². The molecule has 0 atom stereocenters. The first kappa shape index (κ1) is 12.4. The fourth-order valence-corrected chi connectivity index (χ4v) is 2.65. The molecule has 0 saturated heterocycles. The van der Waals surface area contributed by atoms with Gasteiger partial charge in [-0.1, -0.05) is 0 Å². The van der Waals surface area contributed by atoms with Gasteiger partial charge in [0.2, 0.25) is 0 Å². The van der Waals surface area contributed by atoms with E-state index in [0.29, 0.717) is 30.3 Å². The molecule has 1 aliphatic rings. The van der Waals surface area contributed by atoms with Crippen molar-refractivity contribution in [1.82, 2.24) is 4.37 Å². The Morgan fingerprint density at radius 3 is 2.82 bits per heavy atom. The molecule has 0 amide bonds. The van der Waals surface area contributed by atoms with Crippen molar-refractivity contribution in [1.29, 1.82) is 0 Å². The summed E-state index contributed by atoms with van der Waals surface area (Å²) in [4.78, 5) is 0. The Morgan fingerprint density at radius 1 is 1.41 bits per heavy atom. The molecular weight excluding hydrogens is 238 g/mol. The molecule has 1 fully saturated rings. The van der Waals surface area contributed by atoms with Gasteiger partial charge in [0.25, 0.3) is 0 Å². The summed E-state index contributed by atoms with van der Waals surface area (Å²) >= 11 is 1.36. The highest BCUT2D eigenvalue weighted by atomic mass is 32.1. The Labute approximate surface area is 105 Å². The monoisotopic (exact) mass is 257 g/mol. The fraction of sp³-hybridized carbons (Fsp3) is 0.727. The van der Waals surface area contributed by atoms with Gasteiger partial charge in [0, 0.05) is 12.6 Å². The van der Waals surface area contributed by atoms with Crippen LogP contribution in [0.5, 0.6) is 5.75 Å². The number of nitrogens with one attached hydrogen (secondary N) is 1. The summed E-state index contributed by atoms with van der Waals surface area (Å²) in [6, 6.07) is 0.450. The first-order chi connectivity index (χ1) is 8.24. The number of hydrogen-bond acceptors (Lipinski definition) is 6. The van der Waals surface area contributed by atoms with Crippen LogP contribution < -0.4 is 15.8 Å². The summed E-state index contributed by atoms with van der Waals surface area (Å²) in [5.74, 6) is 1.16. The summed E-state index contributed by atoms with van der Waals surface area (Å²) in [6.07, 6.45) is 2.48. The van der Waals surface area contributed by atoms with E-state index >= 15 is 0 Å². The lowest BCUT2D eigenvalue weighted by Gasteiger charge is -2.35. The van der Waals surface area contributed by atoms with E-state index in [9.17, 15) is 0 Å². The van der Waals surface area contributed by atoms with E-state index in [4.69, 9.17) is 15.2 Å². The maximum Gasteiger partial charge on any atom is 0.197 e. The van der Waals surface area contributed by atoms with E-state index < -0.39 is 0 Å². The molecule has 0 aromatic carbocycles. The summed E-state index contributed by atoms with van der Waals surface area (Å²) in [6.45, 7) is 5.35. The molecule has 17 heavy (non-hydrogen) atoms. The molecule has 1 aliphatic carbocycles. The van der Waals surface area contributed by atoms with Gasteiger partial charge >= 0.3 is 0 Å². The predicted octanol–water partition coefficient (Wildman–Crippen LogP) is 2.10. The molecule has 1 aromatic heterocycles. The van der Waals surface area contributed by atoms with E-state index in [1.54, 1.807) is 0 Å². The van der Waals surface area contributed by atoms with Gasteiger partial charge in [0.05, 0.1) is 12.7 Å². The summed E-state index contributed by atoms with van der Waals surface area (Å²) in [5, 5.41) is 4.35. The Balaban J connectivity index is 1.87. The maximum absolute atomic E-state index is 5.75. The Morgan fingerprint density at radius 2 is 2.18 bits per heavy atom. The second-order valence-corrected chi connectivity index (χ2v) is 4.82. The summed E-state index contributed by atoms with van der Waals surface area (Å²) in [5.41, 5.74) is 5.75. The van der Waals surface area contributed by atoms with Crippen molar-refractivity contribution in [3.63, 3.8) is 0 Å². The molecule has 6 heteroatoms. The minimum absolute atomic E-state index is 0.401. The minimum atomic E-state index is 0.401. The Bertz CT molecular complexity index is 364.